The van der Waals surface area contributed by atoms with Crippen LogP contribution in [0.15, 0.2) is 6.07 Å². The summed E-state index contributed by atoms with van der Waals surface area (Å²) in [6.45, 7) is 3.89. The number of hydrogen-bond donors (Lipinski definition) is 2. The number of aryl methyl sites for hydroxylation is 2. The van der Waals surface area contributed by atoms with E-state index in [0.29, 0.717) is 6.42 Å². The summed E-state index contributed by atoms with van der Waals surface area (Å²) >= 11 is 1.71. The van der Waals surface area contributed by atoms with E-state index in [-0.39, 0.29) is 6.61 Å². The number of thiophene rings is 1. The molecule has 1 heterocycles. The van der Waals surface area contributed by atoms with Gasteiger partial charge in [-0.1, -0.05) is 0 Å². The van der Waals surface area contributed by atoms with Gasteiger partial charge in [0.05, 0.1) is 6.61 Å². The van der Waals surface area contributed by atoms with Gasteiger partial charge < -0.3 is 15.2 Å². The summed E-state index contributed by atoms with van der Waals surface area (Å²) in [6, 6.07) is 2.07. The molecule has 94 valence electrons. The van der Waals surface area contributed by atoms with Crippen molar-refractivity contribution in [3.8, 4) is 0 Å². The number of ether oxygens (including phenoxy) is 1. The summed E-state index contributed by atoms with van der Waals surface area (Å²) in [5.41, 5.74) is 1.17. The molecule has 1 aromatic rings. The number of carboxylic acid groups (broad SMARTS) is 1. The summed E-state index contributed by atoms with van der Waals surface area (Å²) < 4.78 is 4.85. The van der Waals surface area contributed by atoms with Crippen molar-refractivity contribution in [1.82, 2.24) is 5.32 Å². The van der Waals surface area contributed by atoms with Crippen LogP contribution in [0.5, 0.6) is 0 Å². The lowest BCUT2D eigenvalue weighted by atomic mass is 10.2. The molecule has 1 aromatic heterocycles. The monoisotopic (exact) mass is 257 g/mol. The van der Waals surface area contributed by atoms with E-state index in [0.717, 1.165) is 0 Å². The zero-order valence-electron chi connectivity index (χ0n) is 9.78. The van der Waals surface area contributed by atoms with E-state index in [1.165, 1.54) is 15.3 Å². The van der Waals surface area contributed by atoms with E-state index < -0.39 is 18.6 Å². The molecule has 0 bridgehead atoms. The van der Waals surface area contributed by atoms with Crippen molar-refractivity contribution in [3.05, 3.63) is 21.4 Å². The van der Waals surface area contributed by atoms with Crippen molar-refractivity contribution in [2.24, 2.45) is 0 Å². The third kappa shape index (κ3) is 4.86. The minimum atomic E-state index is -1.09. The van der Waals surface area contributed by atoms with E-state index in [2.05, 4.69) is 11.4 Å². The van der Waals surface area contributed by atoms with Crippen LogP contribution in [0, 0.1) is 13.8 Å². The lowest BCUT2D eigenvalue weighted by Crippen LogP contribution is -2.30. The van der Waals surface area contributed by atoms with E-state index in [1.807, 2.05) is 13.8 Å². The highest BCUT2D eigenvalue weighted by atomic mass is 32.1. The second-order valence-corrected chi connectivity index (χ2v) is 5.03. The van der Waals surface area contributed by atoms with Gasteiger partial charge in [0.15, 0.2) is 0 Å². The minimum absolute atomic E-state index is 0.252. The molecule has 0 spiro atoms. The average Bonchev–Trinajstić information content (AvgIpc) is 2.55. The third-order valence-electron chi connectivity index (χ3n) is 2.13. The molecule has 0 saturated carbocycles. The topological polar surface area (TPSA) is 75.6 Å². The number of aliphatic carboxylic acids is 1. The van der Waals surface area contributed by atoms with Crippen molar-refractivity contribution in [2.75, 3.05) is 13.2 Å². The Morgan fingerprint density at radius 1 is 1.47 bits per heavy atom. The second-order valence-electron chi connectivity index (χ2n) is 3.57. The minimum Gasteiger partial charge on any atom is -0.480 e. The first kappa shape index (κ1) is 13.5. The first-order chi connectivity index (χ1) is 7.99. The molecule has 0 fully saturated rings. The summed E-state index contributed by atoms with van der Waals surface area (Å²) in [7, 11) is 0. The zero-order valence-corrected chi connectivity index (χ0v) is 10.6. The van der Waals surface area contributed by atoms with E-state index >= 15 is 0 Å². The van der Waals surface area contributed by atoms with Crippen LogP contribution in [-0.2, 0) is 16.0 Å². The molecule has 6 heteroatoms. The van der Waals surface area contributed by atoms with Crippen LogP contribution >= 0.6 is 11.3 Å². The largest absolute Gasteiger partial charge is 0.480 e. The number of carbonyl (C=O) groups is 2. The quantitative estimate of drug-likeness (QED) is 0.842. The highest BCUT2D eigenvalue weighted by molar-refractivity contribution is 7.12. The van der Waals surface area contributed by atoms with Gasteiger partial charge >= 0.3 is 12.1 Å². The number of hydrogen-bond acceptors (Lipinski definition) is 4. The molecule has 2 N–H and O–H groups in total. The normalized spacial score (nSPS) is 10.0. The molecular formula is C11H15NO4S. The van der Waals surface area contributed by atoms with Crippen molar-refractivity contribution in [1.29, 1.82) is 0 Å². The van der Waals surface area contributed by atoms with Crippen molar-refractivity contribution < 1.29 is 19.4 Å². The highest BCUT2D eigenvalue weighted by Gasteiger charge is 2.06. The highest BCUT2D eigenvalue weighted by Crippen LogP contribution is 2.20. The third-order valence-corrected chi connectivity index (χ3v) is 3.14. The number of carboxylic acids is 1. The molecule has 0 aromatic carbocycles. The van der Waals surface area contributed by atoms with Crippen molar-refractivity contribution in [3.63, 3.8) is 0 Å². The molecule has 1 amide bonds. The molecule has 0 atom stereocenters. The summed E-state index contributed by atoms with van der Waals surface area (Å²) in [6.07, 6.45) is -0.0477. The Hall–Kier alpha value is -1.56. The van der Waals surface area contributed by atoms with Gasteiger partial charge in [-0.05, 0) is 25.5 Å². The Morgan fingerprint density at radius 2 is 2.18 bits per heavy atom. The first-order valence-electron chi connectivity index (χ1n) is 5.17. The Bertz CT molecular complexity index is 414. The number of carbonyl (C=O) groups excluding carboxylic acids is 1. The van der Waals surface area contributed by atoms with Crippen LogP contribution in [-0.4, -0.2) is 30.3 Å². The Balaban J connectivity index is 2.26. The van der Waals surface area contributed by atoms with Gasteiger partial charge in [0.25, 0.3) is 0 Å². The molecule has 5 nitrogen and oxygen atoms in total. The zero-order chi connectivity index (χ0) is 12.8. The molecule has 0 saturated heterocycles. The maximum absolute atomic E-state index is 11.0. The van der Waals surface area contributed by atoms with Gasteiger partial charge in [-0.2, -0.15) is 0 Å². The number of alkyl carbamates (subject to hydrolysis) is 1. The molecular weight excluding hydrogens is 242 g/mol. The average molecular weight is 257 g/mol. The standard InChI is InChI=1S/C11H15NO4S/c1-7-5-9(8(2)17-7)3-4-16-11(15)12-6-10(13)14/h5H,3-4,6H2,1-2H3,(H,12,15)(H,13,14). The van der Waals surface area contributed by atoms with E-state index in [1.54, 1.807) is 11.3 Å². The van der Waals surface area contributed by atoms with Crippen LogP contribution in [0.3, 0.4) is 0 Å². The van der Waals surface area contributed by atoms with Gasteiger partial charge in [-0.25, -0.2) is 4.79 Å². The first-order valence-corrected chi connectivity index (χ1v) is 5.99. The van der Waals surface area contributed by atoms with Gasteiger partial charge in [0.2, 0.25) is 0 Å². The lowest BCUT2D eigenvalue weighted by molar-refractivity contribution is -0.135. The molecule has 1 rings (SSSR count). The Kier molecular flexibility index (Phi) is 4.96. The summed E-state index contributed by atoms with van der Waals surface area (Å²) in [4.78, 5) is 23.7. The van der Waals surface area contributed by atoms with Gasteiger partial charge in [0, 0.05) is 16.2 Å². The lowest BCUT2D eigenvalue weighted by Gasteiger charge is -2.04. The molecule has 0 aliphatic rings. The molecule has 0 radical (unpaired) electrons. The summed E-state index contributed by atoms with van der Waals surface area (Å²) in [5, 5.41) is 10.5. The fourth-order valence-corrected chi connectivity index (χ4v) is 2.36. The smallest absolute Gasteiger partial charge is 0.407 e. The molecule has 17 heavy (non-hydrogen) atoms. The second kappa shape index (κ2) is 6.24. The maximum Gasteiger partial charge on any atom is 0.407 e. The van der Waals surface area contributed by atoms with Gasteiger partial charge in [-0.3, -0.25) is 4.79 Å². The Labute approximate surface area is 103 Å². The molecule has 0 aliphatic carbocycles. The fourth-order valence-electron chi connectivity index (χ4n) is 1.38. The van der Waals surface area contributed by atoms with E-state index in [9.17, 15) is 9.59 Å². The number of nitrogens with one attached hydrogen (secondary N) is 1. The number of rotatable bonds is 5. The van der Waals surface area contributed by atoms with Crippen LogP contribution in [0.2, 0.25) is 0 Å². The van der Waals surface area contributed by atoms with Crippen molar-refractivity contribution in [2.45, 2.75) is 20.3 Å². The summed E-state index contributed by atoms with van der Waals surface area (Å²) in [5.74, 6) is -1.09. The van der Waals surface area contributed by atoms with Gasteiger partial charge in [0.1, 0.15) is 6.54 Å². The van der Waals surface area contributed by atoms with Crippen LogP contribution in [0.4, 0.5) is 4.79 Å². The van der Waals surface area contributed by atoms with Crippen molar-refractivity contribution >= 4 is 23.4 Å². The predicted octanol–water partition coefficient (Wildman–Crippen LogP) is 1.72. The fraction of sp³-hybridized carbons (Fsp3) is 0.455. The molecule has 0 unspecified atom stereocenters. The van der Waals surface area contributed by atoms with Gasteiger partial charge in [-0.15, -0.1) is 11.3 Å². The Morgan fingerprint density at radius 3 is 2.71 bits per heavy atom. The number of amides is 1. The van der Waals surface area contributed by atoms with Crippen LogP contribution < -0.4 is 5.32 Å². The van der Waals surface area contributed by atoms with E-state index in [4.69, 9.17) is 9.84 Å². The van der Waals surface area contributed by atoms with Crippen LogP contribution in [0.25, 0.3) is 0 Å². The van der Waals surface area contributed by atoms with Crippen LogP contribution in [0.1, 0.15) is 15.3 Å². The predicted molar refractivity (Wildman–Crippen MR) is 64.5 cm³/mol. The maximum atomic E-state index is 11.0. The SMILES string of the molecule is Cc1cc(CCOC(=O)NCC(=O)O)c(C)s1. The molecule has 0 aliphatic heterocycles.